The highest BCUT2D eigenvalue weighted by molar-refractivity contribution is 5.30. The van der Waals surface area contributed by atoms with Crippen LogP contribution in [0.3, 0.4) is 0 Å². The van der Waals surface area contributed by atoms with Crippen LogP contribution in [0, 0.1) is 5.92 Å². The first-order valence-electron chi connectivity index (χ1n) is 6.06. The summed E-state index contributed by atoms with van der Waals surface area (Å²) in [7, 11) is 0. The Labute approximate surface area is 97.6 Å². The van der Waals surface area contributed by atoms with Crippen molar-refractivity contribution in [3.05, 3.63) is 29.8 Å². The Morgan fingerprint density at radius 3 is 3.00 bits per heavy atom. The molecule has 0 bridgehead atoms. The van der Waals surface area contributed by atoms with Gasteiger partial charge in [0.25, 0.3) is 0 Å². The van der Waals surface area contributed by atoms with Crippen molar-refractivity contribution in [2.45, 2.75) is 26.2 Å². The molecular formula is C14H20O2. The van der Waals surface area contributed by atoms with E-state index in [1.807, 2.05) is 6.07 Å². The molecule has 1 aromatic rings. The maximum absolute atomic E-state index is 5.80. The summed E-state index contributed by atoms with van der Waals surface area (Å²) >= 11 is 0. The molecular weight excluding hydrogens is 200 g/mol. The maximum Gasteiger partial charge on any atom is 0.119 e. The van der Waals surface area contributed by atoms with Crippen molar-refractivity contribution in [2.75, 3.05) is 19.8 Å². The average molecular weight is 220 g/mol. The predicted molar refractivity (Wildman–Crippen MR) is 65.0 cm³/mol. The lowest BCUT2D eigenvalue weighted by molar-refractivity contribution is 0.167. The average Bonchev–Trinajstić information content (AvgIpc) is 2.79. The SMILES string of the molecule is CC(C)c1cccc(OCC2CCOC2)c1. The van der Waals surface area contributed by atoms with E-state index in [9.17, 15) is 0 Å². The van der Waals surface area contributed by atoms with Crippen LogP contribution in [0.5, 0.6) is 5.75 Å². The van der Waals surface area contributed by atoms with Gasteiger partial charge in [0.1, 0.15) is 5.75 Å². The Morgan fingerprint density at radius 1 is 1.44 bits per heavy atom. The minimum atomic E-state index is 0.554. The van der Waals surface area contributed by atoms with Gasteiger partial charge in [0.15, 0.2) is 0 Å². The fourth-order valence-corrected chi connectivity index (χ4v) is 1.89. The van der Waals surface area contributed by atoms with Crippen molar-refractivity contribution in [1.82, 2.24) is 0 Å². The number of benzene rings is 1. The number of hydrogen-bond acceptors (Lipinski definition) is 2. The molecule has 1 unspecified atom stereocenters. The van der Waals surface area contributed by atoms with Crippen LogP contribution >= 0.6 is 0 Å². The molecule has 2 rings (SSSR count). The Kier molecular flexibility index (Phi) is 3.83. The Hall–Kier alpha value is -1.02. The predicted octanol–water partition coefficient (Wildman–Crippen LogP) is 3.23. The molecule has 2 nitrogen and oxygen atoms in total. The lowest BCUT2D eigenvalue weighted by Gasteiger charge is -2.12. The highest BCUT2D eigenvalue weighted by Crippen LogP contribution is 2.21. The van der Waals surface area contributed by atoms with Crippen molar-refractivity contribution >= 4 is 0 Å². The van der Waals surface area contributed by atoms with Gasteiger partial charge in [-0.1, -0.05) is 26.0 Å². The third-order valence-electron chi connectivity index (χ3n) is 3.03. The van der Waals surface area contributed by atoms with E-state index in [1.165, 1.54) is 5.56 Å². The van der Waals surface area contributed by atoms with Crippen LogP contribution in [0.4, 0.5) is 0 Å². The Morgan fingerprint density at radius 2 is 2.31 bits per heavy atom. The topological polar surface area (TPSA) is 18.5 Å². The fourth-order valence-electron chi connectivity index (χ4n) is 1.89. The molecule has 1 saturated heterocycles. The number of rotatable bonds is 4. The van der Waals surface area contributed by atoms with E-state index in [1.54, 1.807) is 0 Å². The molecule has 0 spiro atoms. The van der Waals surface area contributed by atoms with Gasteiger partial charge in [0, 0.05) is 12.5 Å². The van der Waals surface area contributed by atoms with Crippen molar-refractivity contribution in [3.8, 4) is 5.75 Å². The molecule has 16 heavy (non-hydrogen) atoms. The van der Waals surface area contributed by atoms with Gasteiger partial charge in [-0.3, -0.25) is 0 Å². The molecule has 1 aliphatic heterocycles. The summed E-state index contributed by atoms with van der Waals surface area (Å²) in [6, 6.07) is 8.38. The zero-order valence-electron chi connectivity index (χ0n) is 10.1. The molecule has 0 N–H and O–H groups in total. The van der Waals surface area contributed by atoms with E-state index in [0.29, 0.717) is 11.8 Å². The van der Waals surface area contributed by atoms with E-state index in [2.05, 4.69) is 32.0 Å². The minimum Gasteiger partial charge on any atom is -0.493 e. The van der Waals surface area contributed by atoms with Crippen molar-refractivity contribution in [3.63, 3.8) is 0 Å². The smallest absolute Gasteiger partial charge is 0.119 e. The van der Waals surface area contributed by atoms with Crippen LogP contribution in [0.2, 0.25) is 0 Å². The molecule has 1 aliphatic rings. The van der Waals surface area contributed by atoms with Gasteiger partial charge in [0.2, 0.25) is 0 Å². The fraction of sp³-hybridized carbons (Fsp3) is 0.571. The first-order chi connectivity index (χ1) is 7.75. The molecule has 0 saturated carbocycles. The van der Waals surface area contributed by atoms with E-state index in [-0.39, 0.29) is 0 Å². The first-order valence-corrected chi connectivity index (χ1v) is 6.06. The highest BCUT2D eigenvalue weighted by atomic mass is 16.5. The summed E-state index contributed by atoms with van der Waals surface area (Å²) in [6.45, 7) is 6.92. The van der Waals surface area contributed by atoms with Gasteiger partial charge in [0.05, 0.1) is 13.2 Å². The van der Waals surface area contributed by atoms with Gasteiger partial charge in [-0.2, -0.15) is 0 Å². The van der Waals surface area contributed by atoms with E-state index < -0.39 is 0 Å². The van der Waals surface area contributed by atoms with Crippen molar-refractivity contribution in [2.24, 2.45) is 5.92 Å². The molecule has 0 aliphatic carbocycles. The molecule has 1 aromatic carbocycles. The van der Waals surface area contributed by atoms with Crippen molar-refractivity contribution < 1.29 is 9.47 Å². The van der Waals surface area contributed by atoms with E-state index in [4.69, 9.17) is 9.47 Å². The van der Waals surface area contributed by atoms with E-state index in [0.717, 1.165) is 32.0 Å². The standard InChI is InChI=1S/C14H20O2/c1-11(2)13-4-3-5-14(8-13)16-10-12-6-7-15-9-12/h3-5,8,11-12H,6-7,9-10H2,1-2H3. The summed E-state index contributed by atoms with van der Waals surface area (Å²) in [5.74, 6) is 2.11. The summed E-state index contributed by atoms with van der Waals surface area (Å²) < 4.78 is 11.1. The maximum atomic E-state index is 5.80. The summed E-state index contributed by atoms with van der Waals surface area (Å²) in [5, 5.41) is 0. The van der Waals surface area contributed by atoms with Gasteiger partial charge in [-0.15, -0.1) is 0 Å². The lowest BCUT2D eigenvalue weighted by Crippen LogP contribution is -2.11. The third kappa shape index (κ3) is 2.99. The van der Waals surface area contributed by atoms with Crippen LogP contribution in [-0.2, 0) is 4.74 Å². The normalized spacial score (nSPS) is 20.3. The molecule has 0 amide bonds. The zero-order valence-corrected chi connectivity index (χ0v) is 10.1. The second kappa shape index (κ2) is 5.35. The number of ether oxygens (including phenoxy) is 2. The largest absolute Gasteiger partial charge is 0.493 e. The molecule has 2 heteroatoms. The molecule has 88 valence electrons. The quantitative estimate of drug-likeness (QED) is 0.775. The summed E-state index contributed by atoms with van der Waals surface area (Å²) in [4.78, 5) is 0. The third-order valence-corrected chi connectivity index (χ3v) is 3.03. The molecule has 1 fully saturated rings. The number of hydrogen-bond donors (Lipinski definition) is 0. The van der Waals surface area contributed by atoms with Crippen LogP contribution in [0.15, 0.2) is 24.3 Å². The monoisotopic (exact) mass is 220 g/mol. The minimum absolute atomic E-state index is 0.554. The van der Waals surface area contributed by atoms with Gasteiger partial charge < -0.3 is 9.47 Å². The van der Waals surface area contributed by atoms with Gasteiger partial charge in [-0.05, 0) is 30.0 Å². The molecule has 0 aromatic heterocycles. The second-order valence-corrected chi connectivity index (χ2v) is 4.77. The highest BCUT2D eigenvalue weighted by Gasteiger charge is 2.16. The van der Waals surface area contributed by atoms with Crippen LogP contribution in [0.1, 0.15) is 31.7 Å². The van der Waals surface area contributed by atoms with Crippen molar-refractivity contribution in [1.29, 1.82) is 0 Å². The summed E-state index contributed by atoms with van der Waals surface area (Å²) in [6.07, 6.45) is 1.13. The first kappa shape index (κ1) is 11.5. The second-order valence-electron chi connectivity index (χ2n) is 4.77. The lowest BCUT2D eigenvalue weighted by atomic mass is 10.0. The van der Waals surface area contributed by atoms with Gasteiger partial charge in [-0.25, -0.2) is 0 Å². The van der Waals surface area contributed by atoms with Crippen LogP contribution in [0.25, 0.3) is 0 Å². The van der Waals surface area contributed by atoms with Crippen LogP contribution in [-0.4, -0.2) is 19.8 Å². The van der Waals surface area contributed by atoms with Crippen LogP contribution < -0.4 is 4.74 Å². The molecule has 0 radical (unpaired) electrons. The van der Waals surface area contributed by atoms with Gasteiger partial charge >= 0.3 is 0 Å². The van der Waals surface area contributed by atoms with E-state index >= 15 is 0 Å². The zero-order chi connectivity index (χ0) is 11.4. The summed E-state index contributed by atoms with van der Waals surface area (Å²) in [5.41, 5.74) is 1.33. The molecule has 1 atom stereocenters. The Bertz CT molecular complexity index is 327. The Balaban J connectivity index is 1.90. The molecule has 1 heterocycles.